The van der Waals surface area contributed by atoms with Gasteiger partial charge < -0.3 is 14.9 Å². The Labute approximate surface area is 142 Å². The summed E-state index contributed by atoms with van der Waals surface area (Å²) in [4.78, 5) is 10.5. The topological polar surface area (TPSA) is 66.8 Å². The van der Waals surface area contributed by atoms with E-state index in [1.165, 1.54) is 6.08 Å². The van der Waals surface area contributed by atoms with Crippen molar-refractivity contribution in [1.29, 1.82) is 0 Å². The van der Waals surface area contributed by atoms with E-state index in [1.807, 2.05) is 0 Å². The first-order valence-corrected chi connectivity index (χ1v) is 2.90. The fourth-order valence-electron chi connectivity index (χ4n) is 0.679. The Bertz CT molecular complexity index is 180. The van der Waals surface area contributed by atoms with Crippen LogP contribution in [-0.2, 0) is 9.53 Å². The van der Waals surface area contributed by atoms with Crippen molar-refractivity contribution < 1.29 is 108 Å². The van der Waals surface area contributed by atoms with Gasteiger partial charge in [0.2, 0.25) is 5.78 Å². The molecule has 2 radical (unpaired) electrons. The maximum atomic E-state index is 10.5. The fraction of sp³-hybridized carbons (Fsp3) is 0.500. The molecule has 0 amide bonds. The molecule has 0 aliphatic carbocycles. The summed E-state index contributed by atoms with van der Waals surface area (Å²) in [6, 6.07) is 0. The number of rotatable bonds is 1. The summed E-state index contributed by atoms with van der Waals surface area (Å²) in [5, 5.41) is 17.3. The van der Waals surface area contributed by atoms with E-state index in [0.717, 1.165) is 0 Å². The molecule has 0 fully saturated rings. The number of hydrogen-bond donors (Lipinski definition) is 2. The first-order chi connectivity index (χ1) is 4.74. The van der Waals surface area contributed by atoms with Gasteiger partial charge in [0.25, 0.3) is 0 Å². The van der Waals surface area contributed by atoms with E-state index in [1.54, 1.807) is 0 Å². The van der Waals surface area contributed by atoms with Crippen molar-refractivity contribution in [3.8, 4) is 0 Å². The van der Waals surface area contributed by atoms with Crippen LogP contribution in [0.15, 0.2) is 11.8 Å². The van der Waals surface area contributed by atoms with Gasteiger partial charge in [-0.1, -0.05) is 0 Å². The van der Waals surface area contributed by atoms with Crippen LogP contribution in [0.4, 0.5) is 0 Å². The zero-order valence-electron chi connectivity index (χ0n) is 6.43. The molecule has 62 valence electrons. The summed E-state index contributed by atoms with van der Waals surface area (Å²) in [5.41, 5.74) is 0. The Morgan fingerprint density at radius 2 is 2.17 bits per heavy atom. The predicted molar refractivity (Wildman–Crippen MR) is 32.5 cm³/mol. The number of hydrogen-bond acceptors (Lipinski definition) is 4. The number of carbonyl (C=O) groups is 1. The van der Waals surface area contributed by atoms with Gasteiger partial charge in [-0.2, -0.15) is 0 Å². The molecular weight excluding hydrogens is 590 g/mol. The maximum absolute atomic E-state index is 10.5. The Morgan fingerprint density at radius 1 is 1.58 bits per heavy atom. The van der Waals surface area contributed by atoms with E-state index in [-0.39, 0.29) is 107 Å². The Balaban J connectivity index is 0. The van der Waals surface area contributed by atoms with Crippen LogP contribution in [0.3, 0.4) is 0 Å². The third-order valence-corrected chi connectivity index (χ3v) is 1.24. The molecule has 4 nitrogen and oxygen atoms in total. The Morgan fingerprint density at radius 3 is 2.58 bits per heavy atom. The number of aliphatic hydroxyl groups is 2. The minimum absolute atomic E-state index is 0. The summed E-state index contributed by atoms with van der Waals surface area (Å²) in [6.07, 6.45) is 0.670. The van der Waals surface area contributed by atoms with Gasteiger partial charge in [0.1, 0.15) is 12.7 Å². The second-order valence-electron chi connectivity index (χ2n) is 2.01. The van der Waals surface area contributed by atoms with Gasteiger partial charge >= 0.3 is 0 Å². The minimum atomic E-state index is -0.530. The fourth-order valence-corrected chi connectivity index (χ4v) is 0.679. The van der Waals surface area contributed by atoms with Crippen LogP contribution in [0.1, 0.15) is 0 Å². The van der Waals surface area contributed by atoms with E-state index >= 15 is 0 Å². The van der Waals surface area contributed by atoms with E-state index in [0.29, 0.717) is 0 Å². The van der Waals surface area contributed by atoms with E-state index in [2.05, 4.69) is 0 Å². The van der Waals surface area contributed by atoms with Crippen LogP contribution in [0.25, 0.3) is 0 Å². The van der Waals surface area contributed by atoms with Crippen molar-refractivity contribution in [3.05, 3.63) is 11.8 Å². The van der Waals surface area contributed by atoms with Gasteiger partial charge in [0.05, 0.1) is 6.61 Å². The average Bonchev–Trinajstić information content (AvgIpc) is 1.95. The molecule has 12 heavy (non-hydrogen) atoms. The predicted octanol–water partition coefficient (Wildman–Crippen LogP) is -0.611. The van der Waals surface area contributed by atoms with Crippen molar-refractivity contribution in [2.45, 2.75) is 6.10 Å². The van der Waals surface area contributed by atoms with Crippen molar-refractivity contribution in [2.75, 3.05) is 13.2 Å². The summed E-state index contributed by atoms with van der Waals surface area (Å²) in [6.45, 7) is -0.356. The molecule has 0 spiro atoms. The second-order valence-corrected chi connectivity index (χ2v) is 2.01. The zero-order chi connectivity index (χ0) is 7.56. The number of aliphatic hydroxyl groups excluding tert-OH is 2. The summed E-state index contributed by atoms with van der Waals surface area (Å²) in [7, 11) is 0. The van der Waals surface area contributed by atoms with E-state index in [9.17, 15) is 4.79 Å². The number of ether oxygens (including phenoxy) is 1. The minimum Gasteiger partial charge on any atom is -0.504 e. The monoisotopic (exact) mass is 598 g/mol. The van der Waals surface area contributed by atoms with Gasteiger partial charge in [-0.15, -0.1) is 0 Å². The molecule has 0 aromatic heterocycles. The van der Waals surface area contributed by atoms with Gasteiger partial charge in [0.15, 0.2) is 5.76 Å². The summed E-state index contributed by atoms with van der Waals surface area (Å²) in [5.74, 6) is -0.755. The first kappa shape index (κ1) is 16.4. The number of ketones is 1. The SMILES string of the molecule is O=C1CO[C@H](CO)C=C1O.[Ac].[Ac]. The smallest absolute Gasteiger partial charge is 0.222 e. The largest absolute Gasteiger partial charge is 0.504 e. The molecule has 1 aliphatic heterocycles. The molecule has 0 aromatic rings. The van der Waals surface area contributed by atoms with Gasteiger partial charge in [0, 0.05) is 88.1 Å². The van der Waals surface area contributed by atoms with Crippen LogP contribution >= 0.6 is 0 Å². The average molecular weight is 598 g/mol. The molecule has 1 aliphatic rings. The normalized spacial score (nSPS) is 21.9. The van der Waals surface area contributed by atoms with E-state index < -0.39 is 11.9 Å². The maximum Gasteiger partial charge on any atom is 0.222 e. The molecule has 1 atom stereocenters. The van der Waals surface area contributed by atoms with Gasteiger partial charge in [-0.05, 0) is 6.08 Å². The third-order valence-electron chi connectivity index (χ3n) is 1.24. The van der Waals surface area contributed by atoms with Crippen molar-refractivity contribution in [3.63, 3.8) is 0 Å². The van der Waals surface area contributed by atoms with Crippen LogP contribution in [0.5, 0.6) is 0 Å². The van der Waals surface area contributed by atoms with Gasteiger partial charge in [-0.3, -0.25) is 4.79 Å². The zero-order valence-corrected chi connectivity index (χ0v) is 15.9. The molecule has 1 heterocycles. The van der Waals surface area contributed by atoms with Crippen LogP contribution in [-0.4, -0.2) is 35.3 Å². The first-order valence-electron chi connectivity index (χ1n) is 2.90. The van der Waals surface area contributed by atoms with Crippen molar-refractivity contribution in [2.24, 2.45) is 0 Å². The molecule has 0 saturated heterocycles. The second kappa shape index (κ2) is 8.33. The molecular formula is C6H8Ac2O4. The Kier molecular flexibility index (Phi) is 11.4. The standard InChI is InChI=1S/C6H8O4.2Ac/c7-2-4-1-5(8)6(9)3-10-4;;/h1,4,7-8H,2-3H2;;/t4-;;/m0../s1. The van der Waals surface area contributed by atoms with Crippen LogP contribution < -0.4 is 0 Å². The molecule has 1 rings (SSSR count). The molecule has 0 aromatic carbocycles. The molecule has 0 unspecified atom stereocenters. The van der Waals surface area contributed by atoms with Crippen molar-refractivity contribution in [1.82, 2.24) is 0 Å². The van der Waals surface area contributed by atoms with Crippen molar-refractivity contribution >= 4 is 5.78 Å². The molecule has 0 bridgehead atoms. The summed E-state index contributed by atoms with van der Waals surface area (Å²) >= 11 is 0. The van der Waals surface area contributed by atoms with Crippen LogP contribution in [0, 0.1) is 88.1 Å². The Hall–Kier alpha value is 2.01. The molecule has 2 N–H and O–H groups in total. The quantitative estimate of drug-likeness (QED) is 0.423. The van der Waals surface area contributed by atoms with Crippen LogP contribution in [0.2, 0.25) is 0 Å². The number of Topliss-reactive ketones (excluding diaryl/α,β-unsaturated/α-hetero) is 1. The molecule has 0 saturated carbocycles. The van der Waals surface area contributed by atoms with Gasteiger partial charge in [-0.25, -0.2) is 0 Å². The summed E-state index contributed by atoms with van der Waals surface area (Å²) < 4.78 is 4.77. The number of carbonyl (C=O) groups excluding carboxylic acids is 1. The molecule has 6 heteroatoms. The third kappa shape index (κ3) is 5.03. The van der Waals surface area contributed by atoms with E-state index in [4.69, 9.17) is 14.9 Å².